The van der Waals surface area contributed by atoms with Crippen LogP contribution >= 0.6 is 11.8 Å². The Bertz CT molecular complexity index is 1270. The summed E-state index contributed by atoms with van der Waals surface area (Å²) in [7, 11) is 0. The molecule has 0 aliphatic heterocycles. The van der Waals surface area contributed by atoms with Gasteiger partial charge in [0.1, 0.15) is 0 Å². The van der Waals surface area contributed by atoms with Crippen LogP contribution in [-0.4, -0.2) is 38.8 Å². The number of para-hydroxylation sites is 1. The number of aryl methyl sites for hydroxylation is 1. The number of nitrogens with zero attached hydrogens (tertiary/aromatic N) is 3. The number of aromatic nitrogens is 3. The highest BCUT2D eigenvalue weighted by atomic mass is 32.2. The first kappa shape index (κ1) is 21.4. The van der Waals surface area contributed by atoms with E-state index in [0.29, 0.717) is 17.2 Å². The van der Waals surface area contributed by atoms with Crippen molar-refractivity contribution in [3.8, 4) is 17.1 Å². The van der Waals surface area contributed by atoms with Crippen LogP contribution in [0, 0.1) is 6.92 Å². The second-order valence-electron chi connectivity index (χ2n) is 6.99. The number of hydrogen-bond acceptors (Lipinski definition) is 6. The zero-order chi connectivity index (χ0) is 22.5. The van der Waals surface area contributed by atoms with E-state index in [0.717, 1.165) is 21.8 Å². The number of nitrogens with one attached hydrogen (secondary N) is 1. The first-order valence-electron chi connectivity index (χ1n) is 9.85. The molecule has 0 atom stereocenters. The lowest BCUT2D eigenvalue weighted by Gasteiger charge is -2.10. The molecule has 2 aromatic heterocycles. The zero-order valence-electron chi connectivity index (χ0n) is 17.3. The van der Waals surface area contributed by atoms with E-state index in [4.69, 9.17) is 10.5 Å². The average Bonchev–Trinajstić information content (AvgIpc) is 3.21. The number of thioether (sulfide) groups is 1. The summed E-state index contributed by atoms with van der Waals surface area (Å²) in [6.45, 7) is 1.72. The van der Waals surface area contributed by atoms with Crippen molar-refractivity contribution >= 4 is 34.9 Å². The van der Waals surface area contributed by atoms with Crippen LogP contribution in [0.15, 0.2) is 71.6 Å². The van der Waals surface area contributed by atoms with Gasteiger partial charge in [0, 0.05) is 22.2 Å². The number of fused-ring (bicyclic) bond motifs is 1. The number of primary amides is 1. The standard InChI is InChI=1S/C23H21N5O3S/c1-15-11-18(16-7-3-2-4-8-16)25-21-12-23(27-28(15)21)31-13-22(30)26-17-9-5-6-10-19(17)32-14-20(24)29/h2-12H,13-14H2,1H3,(H2,24,29)(H,26,30). The summed E-state index contributed by atoms with van der Waals surface area (Å²) in [5.41, 5.74) is 9.17. The molecule has 0 saturated carbocycles. The number of nitrogens with two attached hydrogens (primary N) is 1. The van der Waals surface area contributed by atoms with Crippen LogP contribution in [0.25, 0.3) is 16.9 Å². The molecule has 0 aliphatic rings. The van der Waals surface area contributed by atoms with E-state index < -0.39 is 5.91 Å². The van der Waals surface area contributed by atoms with Gasteiger partial charge in [-0.25, -0.2) is 9.50 Å². The third-order valence-corrected chi connectivity index (χ3v) is 5.63. The van der Waals surface area contributed by atoms with E-state index in [1.54, 1.807) is 22.7 Å². The molecular weight excluding hydrogens is 426 g/mol. The number of hydrogen-bond donors (Lipinski definition) is 2. The molecule has 0 bridgehead atoms. The van der Waals surface area contributed by atoms with Gasteiger partial charge in [-0.2, -0.15) is 0 Å². The highest BCUT2D eigenvalue weighted by molar-refractivity contribution is 8.00. The number of carbonyl (C=O) groups excluding carboxylic acids is 2. The van der Waals surface area contributed by atoms with Gasteiger partial charge >= 0.3 is 0 Å². The molecule has 162 valence electrons. The minimum absolute atomic E-state index is 0.127. The molecule has 0 radical (unpaired) electrons. The number of ether oxygens (including phenoxy) is 1. The van der Waals surface area contributed by atoms with Crippen LogP contribution in [0.1, 0.15) is 5.69 Å². The molecule has 0 unspecified atom stereocenters. The van der Waals surface area contributed by atoms with Gasteiger partial charge in [0.15, 0.2) is 12.3 Å². The van der Waals surface area contributed by atoms with Crippen molar-refractivity contribution in [3.05, 3.63) is 72.4 Å². The smallest absolute Gasteiger partial charge is 0.262 e. The maximum atomic E-state index is 12.4. The van der Waals surface area contributed by atoms with E-state index >= 15 is 0 Å². The number of benzene rings is 2. The van der Waals surface area contributed by atoms with Crippen molar-refractivity contribution in [3.63, 3.8) is 0 Å². The van der Waals surface area contributed by atoms with Gasteiger partial charge in [0.05, 0.1) is 17.1 Å². The summed E-state index contributed by atoms with van der Waals surface area (Å²) in [6.07, 6.45) is 0. The Labute approximate surface area is 188 Å². The molecule has 0 saturated heterocycles. The fraction of sp³-hybridized carbons (Fsp3) is 0.130. The van der Waals surface area contributed by atoms with Crippen LogP contribution in [0.2, 0.25) is 0 Å². The highest BCUT2D eigenvalue weighted by Gasteiger charge is 2.12. The fourth-order valence-electron chi connectivity index (χ4n) is 3.10. The van der Waals surface area contributed by atoms with E-state index in [-0.39, 0.29) is 18.3 Å². The van der Waals surface area contributed by atoms with Crippen molar-refractivity contribution in [2.75, 3.05) is 17.7 Å². The fourth-order valence-corrected chi connectivity index (χ4v) is 3.85. The normalized spacial score (nSPS) is 10.8. The first-order valence-corrected chi connectivity index (χ1v) is 10.8. The lowest BCUT2D eigenvalue weighted by atomic mass is 10.1. The predicted molar refractivity (Wildman–Crippen MR) is 124 cm³/mol. The largest absolute Gasteiger partial charge is 0.466 e. The lowest BCUT2D eigenvalue weighted by molar-refractivity contribution is -0.118. The van der Waals surface area contributed by atoms with Gasteiger partial charge in [-0.1, -0.05) is 42.5 Å². The van der Waals surface area contributed by atoms with Gasteiger partial charge < -0.3 is 15.8 Å². The van der Waals surface area contributed by atoms with Gasteiger partial charge in [-0.15, -0.1) is 16.9 Å². The van der Waals surface area contributed by atoms with Gasteiger partial charge in [0.25, 0.3) is 5.91 Å². The summed E-state index contributed by atoms with van der Waals surface area (Å²) in [5.74, 6) is -0.339. The Kier molecular flexibility index (Phi) is 6.37. The summed E-state index contributed by atoms with van der Waals surface area (Å²) in [6, 6.07) is 20.7. The molecular formula is C23H21N5O3S. The lowest BCUT2D eigenvalue weighted by Crippen LogP contribution is -2.21. The monoisotopic (exact) mass is 447 g/mol. The second-order valence-corrected chi connectivity index (χ2v) is 8.01. The van der Waals surface area contributed by atoms with Crippen LogP contribution in [0.5, 0.6) is 5.88 Å². The third kappa shape index (κ3) is 5.06. The number of amides is 2. The molecule has 4 aromatic rings. The molecule has 0 spiro atoms. The van der Waals surface area contributed by atoms with Crippen molar-refractivity contribution in [1.29, 1.82) is 0 Å². The number of carbonyl (C=O) groups is 2. The molecule has 2 amide bonds. The molecule has 4 rings (SSSR count). The second kappa shape index (κ2) is 9.52. The van der Waals surface area contributed by atoms with E-state index in [1.807, 2.05) is 55.5 Å². The topological polar surface area (TPSA) is 112 Å². The Morgan fingerprint density at radius 3 is 2.62 bits per heavy atom. The van der Waals surface area contributed by atoms with Gasteiger partial charge in [-0.3, -0.25) is 9.59 Å². The Balaban J connectivity index is 1.44. The highest BCUT2D eigenvalue weighted by Crippen LogP contribution is 2.27. The molecule has 2 aromatic carbocycles. The summed E-state index contributed by atoms with van der Waals surface area (Å²) < 4.78 is 7.27. The summed E-state index contributed by atoms with van der Waals surface area (Å²) >= 11 is 1.26. The summed E-state index contributed by atoms with van der Waals surface area (Å²) in [5, 5.41) is 7.18. The zero-order valence-corrected chi connectivity index (χ0v) is 18.1. The molecule has 0 aliphatic carbocycles. The van der Waals surface area contributed by atoms with Crippen LogP contribution in [0.4, 0.5) is 5.69 Å². The van der Waals surface area contributed by atoms with E-state index in [2.05, 4.69) is 15.4 Å². The molecule has 8 nitrogen and oxygen atoms in total. The number of anilines is 1. The molecule has 3 N–H and O–H groups in total. The van der Waals surface area contributed by atoms with Gasteiger partial charge in [-0.05, 0) is 25.1 Å². The van der Waals surface area contributed by atoms with Crippen LogP contribution < -0.4 is 15.8 Å². The third-order valence-electron chi connectivity index (χ3n) is 4.53. The Morgan fingerprint density at radius 2 is 1.84 bits per heavy atom. The first-order chi connectivity index (χ1) is 15.5. The Morgan fingerprint density at radius 1 is 1.09 bits per heavy atom. The maximum absolute atomic E-state index is 12.4. The van der Waals surface area contributed by atoms with Gasteiger partial charge in [0.2, 0.25) is 11.8 Å². The molecule has 0 fully saturated rings. The minimum atomic E-state index is -0.425. The predicted octanol–water partition coefficient (Wildman–Crippen LogP) is 3.30. The quantitative estimate of drug-likeness (QED) is 0.401. The number of rotatable bonds is 8. The van der Waals surface area contributed by atoms with Crippen LogP contribution in [-0.2, 0) is 9.59 Å². The van der Waals surface area contributed by atoms with Crippen molar-refractivity contribution in [1.82, 2.24) is 14.6 Å². The Hall–Kier alpha value is -3.85. The molecule has 2 heterocycles. The SMILES string of the molecule is Cc1cc(-c2ccccc2)nc2cc(OCC(=O)Nc3ccccc3SCC(N)=O)nn12. The van der Waals surface area contributed by atoms with Crippen molar-refractivity contribution in [2.24, 2.45) is 5.73 Å². The minimum Gasteiger partial charge on any atom is -0.466 e. The van der Waals surface area contributed by atoms with E-state index in [1.165, 1.54) is 11.8 Å². The van der Waals surface area contributed by atoms with E-state index in [9.17, 15) is 9.59 Å². The average molecular weight is 448 g/mol. The molecule has 32 heavy (non-hydrogen) atoms. The molecule has 9 heteroatoms. The van der Waals surface area contributed by atoms with Crippen LogP contribution in [0.3, 0.4) is 0 Å². The van der Waals surface area contributed by atoms with Crippen molar-refractivity contribution < 1.29 is 14.3 Å². The summed E-state index contributed by atoms with van der Waals surface area (Å²) in [4.78, 5) is 28.9. The van der Waals surface area contributed by atoms with Crippen molar-refractivity contribution in [2.45, 2.75) is 11.8 Å². The maximum Gasteiger partial charge on any atom is 0.262 e.